The summed E-state index contributed by atoms with van der Waals surface area (Å²) in [5.41, 5.74) is 0. The first kappa shape index (κ1) is 11.0. The maximum Gasteiger partial charge on any atom is 0.305 e. The number of aliphatic hydroxyl groups excluding tert-OH is 2. The van der Waals surface area contributed by atoms with Crippen LogP contribution in [0.4, 0.5) is 0 Å². The molecular weight excluding hydrogens is 168 g/mol. The summed E-state index contributed by atoms with van der Waals surface area (Å²) in [7, 11) is 0. The molecule has 0 aromatic heterocycles. The molecule has 0 spiro atoms. The van der Waals surface area contributed by atoms with E-state index < -0.39 is 24.5 Å². The molecular formula is C6H10O6. The number of ether oxygens (including phenoxy) is 1. The molecule has 12 heavy (non-hydrogen) atoms. The molecule has 0 aliphatic heterocycles. The normalized spacial score (nSPS) is 17.7. The SMILES string of the molecule is CC(=O)OC(O)(C=O)C(O)CO. The molecule has 0 radical (unpaired) electrons. The molecule has 0 aromatic carbocycles. The maximum absolute atomic E-state index is 10.3. The van der Waals surface area contributed by atoms with Crippen molar-refractivity contribution in [1.29, 1.82) is 0 Å². The van der Waals surface area contributed by atoms with E-state index in [1.807, 2.05) is 0 Å². The van der Waals surface area contributed by atoms with Crippen LogP contribution in [0.1, 0.15) is 6.92 Å². The first-order valence-corrected chi connectivity index (χ1v) is 3.13. The molecule has 2 unspecified atom stereocenters. The highest BCUT2D eigenvalue weighted by Gasteiger charge is 2.38. The van der Waals surface area contributed by atoms with Gasteiger partial charge in [0.05, 0.1) is 6.61 Å². The second-order valence-electron chi connectivity index (χ2n) is 2.16. The van der Waals surface area contributed by atoms with E-state index in [9.17, 15) is 9.59 Å². The van der Waals surface area contributed by atoms with Crippen molar-refractivity contribution in [2.75, 3.05) is 6.61 Å². The number of hydrogen-bond donors (Lipinski definition) is 3. The van der Waals surface area contributed by atoms with Gasteiger partial charge in [-0.25, -0.2) is 0 Å². The van der Waals surface area contributed by atoms with Gasteiger partial charge in [-0.15, -0.1) is 0 Å². The molecule has 0 bridgehead atoms. The predicted octanol–water partition coefficient (Wildman–Crippen LogP) is -2.21. The Labute approximate surface area is 68.4 Å². The van der Waals surface area contributed by atoms with Crippen LogP contribution in [-0.4, -0.2) is 46.1 Å². The summed E-state index contributed by atoms with van der Waals surface area (Å²) in [6, 6.07) is 0. The molecule has 70 valence electrons. The molecule has 6 nitrogen and oxygen atoms in total. The smallest absolute Gasteiger partial charge is 0.305 e. The predicted molar refractivity (Wildman–Crippen MR) is 35.9 cm³/mol. The first-order chi connectivity index (χ1) is 5.46. The Bertz CT molecular complexity index is 179. The minimum atomic E-state index is -2.65. The average Bonchev–Trinajstić information content (AvgIpc) is 2.01. The van der Waals surface area contributed by atoms with Gasteiger partial charge in [0.25, 0.3) is 5.79 Å². The van der Waals surface area contributed by atoms with Crippen LogP contribution in [0, 0.1) is 0 Å². The standard InChI is InChI=1S/C6H10O6/c1-4(9)12-6(11,3-8)5(10)2-7/h3,5,7,10-11H,2H2,1H3. The fourth-order valence-electron chi connectivity index (χ4n) is 0.532. The Balaban J connectivity index is 4.43. The summed E-state index contributed by atoms with van der Waals surface area (Å²) < 4.78 is 4.08. The molecule has 0 saturated carbocycles. The lowest BCUT2D eigenvalue weighted by atomic mass is 10.2. The van der Waals surface area contributed by atoms with Crippen LogP contribution in [0.15, 0.2) is 0 Å². The van der Waals surface area contributed by atoms with Crippen LogP contribution in [0.2, 0.25) is 0 Å². The van der Waals surface area contributed by atoms with Crippen LogP contribution in [-0.2, 0) is 14.3 Å². The third-order valence-corrected chi connectivity index (χ3v) is 1.13. The van der Waals surface area contributed by atoms with Gasteiger partial charge in [-0.3, -0.25) is 9.59 Å². The Morgan fingerprint density at radius 3 is 2.50 bits per heavy atom. The zero-order valence-electron chi connectivity index (χ0n) is 6.43. The minimum absolute atomic E-state index is 0.157. The molecule has 0 aliphatic carbocycles. The summed E-state index contributed by atoms with van der Waals surface area (Å²) in [5.74, 6) is -3.59. The second kappa shape index (κ2) is 4.15. The van der Waals surface area contributed by atoms with E-state index in [1.54, 1.807) is 0 Å². The highest BCUT2D eigenvalue weighted by atomic mass is 16.7. The van der Waals surface area contributed by atoms with Gasteiger partial charge < -0.3 is 20.1 Å². The van der Waals surface area contributed by atoms with Crippen molar-refractivity contribution >= 4 is 12.3 Å². The fourth-order valence-corrected chi connectivity index (χ4v) is 0.532. The van der Waals surface area contributed by atoms with Crippen molar-refractivity contribution in [3.63, 3.8) is 0 Å². The van der Waals surface area contributed by atoms with Crippen molar-refractivity contribution in [2.24, 2.45) is 0 Å². The largest absolute Gasteiger partial charge is 0.423 e. The van der Waals surface area contributed by atoms with Crippen LogP contribution < -0.4 is 0 Å². The molecule has 2 atom stereocenters. The molecule has 0 aliphatic rings. The quantitative estimate of drug-likeness (QED) is 0.256. The van der Waals surface area contributed by atoms with Gasteiger partial charge in [0.1, 0.15) is 6.10 Å². The van der Waals surface area contributed by atoms with E-state index in [0.717, 1.165) is 6.92 Å². The zero-order valence-corrected chi connectivity index (χ0v) is 6.43. The Hall–Kier alpha value is -0.980. The van der Waals surface area contributed by atoms with Crippen molar-refractivity contribution < 1.29 is 29.6 Å². The van der Waals surface area contributed by atoms with Crippen LogP contribution in [0.25, 0.3) is 0 Å². The van der Waals surface area contributed by atoms with Gasteiger partial charge in [0.2, 0.25) is 0 Å². The summed E-state index contributed by atoms with van der Waals surface area (Å²) in [4.78, 5) is 20.5. The number of aldehydes is 1. The molecule has 0 rings (SSSR count). The topological polar surface area (TPSA) is 104 Å². The Morgan fingerprint density at radius 2 is 2.25 bits per heavy atom. The van der Waals surface area contributed by atoms with Crippen molar-refractivity contribution in [1.82, 2.24) is 0 Å². The Kier molecular flexibility index (Phi) is 3.81. The summed E-state index contributed by atoms with van der Waals surface area (Å²) >= 11 is 0. The molecule has 0 fully saturated rings. The van der Waals surface area contributed by atoms with Crippen molar-refractivity contribution in [3.05, 3.63) is 0 Å². The lowest BCUT2D eigenvalue weighted by molar-refractivity contribution is -0.234. The van der Waals surface area contributed by atoms with Crippen LogP contribution in [0.3, 0.4) is 0 Å². The van der Waals surface area contributed by atoms with E-state index >= 15 is 0 Å². The van der Waals surface area contributed by atoms with Gasteiger partial charge >= 0.3 is 5.97 Å². The van der Waals surface area contributed by atoms with Gasteiger partial charge in [-0.05, 0) is 0 Å². The Morgan fingerprint density at radius 1 is 1.75 bits per heavy atom. The molecule has 0 heterocycles. The number of rotatable bonds is 4. The van der Waals surface area contributed by atoms with E-state index in [0.29, 0.717) is 0 Å². The number of hydrogen-bond acceptors (Lipinski definition) is 6. The number of carbonyl (C=O) groups excluding carboxylic acids is 2. The number of esters is 1. The highest BCUT2D eigenvalue weighted by Crippen LogP contribution is 2.09. The third kappa shape index (κ3) is 2.57. The average molecular weight is 178 g/mol. The fraction of sp³-hybridized carbons (Fsp3) is 0.667. The lowest BCUT2D eigenvalue weighted by Gasteiger charge is -2.24. The monoisotopic (exact) mass is 178 g/mol. The van der Waals surface area contributed by atoms with Gasteiger partial charge in [-0.2, -0.15) is 0 Å². The summed E-state index contributed by atoms with van der Waals surface area (Å²) in [6.45, 7) is 0.0705. The van der Waals surface area contributed by atoms with E-state index in [-0.39, 0.29) is 6.29 Å². The van der Waals surface area contributed by atoms with Gasteiger partial charge in [0, 0.05) is 6.92 Å². The van der Waals surface area contributed by atoms with E-state index in [2.05, 4.69) is 4.74 Å². The minimum Gasteiger partial charge on any atom is -0.423 e. The zero-order chi connectivity index (χ0) is 9.78. The van der Waals surface area contributed by atoms with Gasteiger partial charge in [-0.1, -0.05) is 0 Å². The second-order valence-corrected chi connectivity index (χ2v) is 2.16. The molecule has 6 heteroatoms. The van der Waals surface area contributed by atoms with Crippen LogP contribution >= 0.6 is 0 Å². The van der Waals surface area contributed by atoms with Crippen molar-refractivity contribution in [3.8, 4) is 0 Å². The van der Waals surface area contributed by atoms with Crippen molar-refractivity contribution in [2.45, 2.75) is 18.8 Å². The van der Waals surface area contributed by atoms with E-state index in [4.69, 9.17) is 15.3 Å². The van der Waals surface area contributed by atoms with Gasteiger partial charge in [0.15, 0.2) is 6.29 Å². The number of aliphatic hydroxyl groups is 3. The summed E-state index contributed by atoms with van der Waals surface area (Å²) in [6.07, 6.45) is -1.99. The molecule has 0 aromatic rings. The molecule has 0 amide bonds. The number of carbonyl (C=O) groups is 2. The highest BCUT2D eigenvalue weighted by molar-refractivity contribution is 5.71. The lowest BCUT2D eigenvalue weighted by Crippen LogP contribution is -2.49. The maximum atomic E-state index is 10.3. The van der Waals surface area contributed by atoms with Crippen LogP contribution in [0.5, 0.6) is 0 Å². The van der Waals surface area contributed by atoms with E-state index in [1.165, 1.54) is 0 Å². The summed E-state index contributed by atoms with van der Waals surface area (Å²) in [5, 5.41) is 26.2. The molecule has 0 saturated heterocycles. The third-order valence-electron chi connectivity index (χ3n) is 1.13. The molecule has 3 N–H and O–H groups in total. The first-order valence-electron chi connectivity index (χ1n) is 3.13.